The third-order valence-corrected chi connectivity index (χ3v) is 2.79. The fraction of sp³-hybridized carbons (Fsp3) is 0.286. The van der Waals surface area contributed by atoms with Crippen LogP contribution < -0.4 is 15.8 Å². The first kappa shape index (κ1) is 13.9. The Morgan fingerprint density at radius 1 is 1.45 bits per heavy atom. The molecule has 0 spiro atoms. The number of nitrogen functional groups attached to an aromatic ring is 1. The molecule has 0 fully saturated rings. The van der Waals surface area contributed by atoms with Crippen molar-refractivity contribution >= 4 is 17.3 Å². The molecular formula is C14H18N4O2. The minimum Gasteiger partial charge on any atom is -0.482 e. The van der Waals surface area contributed by atoms with Crippen LogP contribution in [0.3, 0.4) is 0 Å². The molecular weight excluding hydrogens is 256 g/mol. The van der Waals surface area contributed by atoms with Gasteiger partial charge in [-0.2, -0.15) is 5.10 Å². The van der Waals surface area contributed by atoms with Crippen molar-refractivity contribution in [3.63, 3.8) is 0 Å². The first-order valence-corrected chi connectivity index (χ1v) is 6.39. The van der Waals surface area contributed by atoms with E-state index in [2.05, 4.69) is 10.4 Å². The summed E-state index contributed by atoms with van der Waals surface area (Å²) in [4.78, 5) is 11.9. The molecule has 0 aliphatic heterocycles. The number of hydrogen-bond donors (Lipinski definition) is 2. The van der Waals surface area contributed by atoms with Crippen LogP contribution in [0.5, 0.6) is 5.75 Å². The summed E-state index contributed by atoms with van der Waals surface area (Å²) < 4.78 is 7.06. The van der Waals surface area contributed by atoms with Crippen molar-refractivity contribution in [2.24, 2.45) is 7.05 Å². The highest BCUT2D eigenvalue weighted by atomic mass is 16.5. The molecule has 2 rings (SSSR count). The summed E-state index contributed by atoms with van der Waals surface area (Å²) in [7, 11) is 1.82. The average Bonchev–Trinajstić information content (AvgIpc) is 2.78. The van der Waals surface area contributed by atoms with Gasteiger partial charge in [0.15, 0.2) is 6.61 Å². The summed E-state index contributed by atoms with van der Waals surface area (Å²) >= 11 is 0. The van der Waals surface area contributed by atoms with Gasteiger partial charge in [0.05, 0.1) is 17.1 Å². The fourth-order valence-electron chi connectivity index (χ4n) is 1.84. The van der Waals surface area contributed by atoms with Crippen LogP contribution >= 0.6 is 0 Å². The minimum atomic E-state index is -0.240. The predicted molar refractivity (Wildman–Crippen MR) is 77.6 cm³/mol. The summed E-state index contributed by atoms with van der Waals surface area (Å²) in [5.74, 6) is 0.264. The summed E-state index contributed by atoms with van der Waals surface area (Å²) in [6.45, 7) is 1.89. The number of anilines is 2. The van der Waals surface area contributed by atoms with Crippen LogP contribution in [0.15, 0.2) is 30.5 Å². The number of amides is 1. The molecule has 20 heavy (non-hydrogen) atoms. The van der Waals surface area contributed by atoms with Gasteiger partial charge in [-0.15, -0.1) is 0 Å². The lowest BCUT2D eigenvalue weighted by Crippen LogP contribution is -2.20. The van der Waals surface area contributed by atoms with E-state index in [1.54, 1.807) is 29.1 Å². The van der Waals surface area contributed by atoms with E-state index in [0.29, 0.717) is 17.1 Å². The van der Waals surface area contributed by atoms with E-state index in [1.807, 2.05) is 20.0 Å². The Hall–Kier alpha value is -2.50. The van der Waals surface area contributed by atoms with Gasteiger partial charge in [0.2, 0.25) is 0 Å². The number of aromatic nitrogens is 2. The van der Waals surface area contributed by atoms with Crippen molar-refractivity contribution in [2.75, 3.05) is 17.7 Å². The summed E-state index contributed by atoms with van der Waals surface area (Å²) in [5.41, 5.74) is 7.81. The van der Waals surface area contributed by atoms with Crippen molar-refractivity contribution in [1.29, 1.82) is 0 Å². The van der Waals surface area contributed by atoms with Gasteiger partial charge in [-0.1, -0.05) is 19.1 Å². The van der Waals surface area contributed by atoms with Gasteiger partial charge in [0.1, 0.15) is 5.75 Å². The van der Waals surface area contributed by atoms with Crippen LogP contribution in [0.25, 0.3) is 0 Å². The highest BCUT2D eigenvalue weighted by molar-refractivity contribution is 5.92. The zero-order chi connectivity index (χ0) is 14.5. The molecule has 106 valence electrons. The Morgan fingerprint density at radius 2 is 2.20 bits per heavy atom. The van der Waals surface area contributed by atoms with Crippen LogP contribution in [0.4, 0.5) is 11.4 Å². The molecule has 3 N–H and O–H groups in total. The number of nitrogens with one attached hydrogen (secondary N) is 1. The average molecular weight is 274 g/mol. The molecule has 6 heteroatoms. The zero-order valence-corrected chi connectivity index (χ0v) is 11.6. The third-order valence-electron chi connectivity index (χ3n) is 2.79. The van der Waals surface area contributed by atoms with E-state index >= 15 is 0 Å². The maximum Gasteiger partial charge on any atom is 0.262 e. The molecule has 0 unspecified atom stereocenters. The van der Waals surface area contributed by atoms with Crippen LogP contribution in [0.2, 0.25) is 0 Å². The van der Waals surface area contributed by atoms with Gasteiger partial charge in [0.25, 0.3) is 5.91 Å². The van der Waals surface area contributed by atoms with Crippen molar-refractivity contribution in [3.8, 4) is 5.75 Å². The standard InChI is InChI=1S/C14H18N4O2/c1-3-11-12(8-18(2)17-11)16-14(19)9-20-13-7-5-4-6-10(13)15/h4-8H,3,9,15H2,1-2H3,(H,16,19). The van der Waals surface area contributed by atoms with Gasteiger partial charge in [0, 0.05) is 13.2 Å². The van der Waals surface area contributed by atoms with Crippen molar-refractivity contribution in [2.45, 2.75) is 13.3 Å². The number of benzene rings is 1. The number of rotatable bonds is 5. The first-order valence-electron chi connectivity index (χ1n) is 6.39. The van der Waals surface area contributed by atoms with Crippen molar-refractivity contribution in [1.82, 2.24) is 9.78 Å². The van der Waals surface area contributed by atoms with Crippen molar-refractivity contribution < 1.29 is 9.53 Å². The molecule has 1 aromatic carbocycles. The molecule has 1 heterocycles. The largest absolute Gasteiger partial charge is 0.482 e. The number of nitrogens with zero attached hydrogens (tertiary/aromatic N) is 2. The highest BCUT2D eigenvalue weighted by Gasteiger charge is 2.10. The van der Waals surface area contributed by atoms with Gasteiger partial charge >= 0.3 is 0 Å². The normalized spacial score (nSPS) is 10.3. The van der Waals surface area contributed by atoms with E-state index < -0.39 is 0 Å². The Labute approximate surface area is 117 Å². The first-order chi connectivity index (χ1) is 9.60. The molecule has 0 atom stereocenters. The van der Waals surface area contributed by atoms with Crippen LogP contribution in [-0.2, 0) is 18.3 Å². The molecule has 0 bridgehead atoms. The SMILES string of the molecule is CCc1nn(C)cc1NC(=O)COc1ccccc1N. The van der Waals surface area contributed by atoms with Crippen LogP contribution in [0, 0.1) is 0 Å². The van der Waals surface area contributed by atoms with Crippen LogP contribution in [0.1, 0.15) is 12.6 Å². The smallest absolute Gasteiger partial charge is 0.262 e. The molecule has 0 saturated carbocycles. The Morgan fingerprint density at radius 3 is 2.90 bits per heavy atom. The number of nitrogens with two attached hydrogens (primary N) is 1. The number of carbonyl (C=O) groups excluding carboxylic acids is 1. The second-order valence-corrected chi connectivity index (χ2v) is 4.39. The number of aryl methyl sites for hydroxylation is 2. The lowest BCUT2D eigenvalue weighted by molar-refractivity contribution is -0.118. The Bertz CT molecular complexity index is 607. The van der Waals surface area contributed by atoms with Gasteiger partial charge in [-0.25, -0.2) is 0 Å². The van der Waals surface area contributed by atoms with Gasteiger partial charge < -0.3 is 15.8 Å². The van der Waals surface area contributed by atoms with E-state index in [-0.39, 0.29) is 12.5 Å². The van der Waals surface area contributed by atoms with Crippen LogP contribution in [-0.4, -0.2) is 22.3 Å². The number of carbonyl (C=O) groups is 1. The summed E-state index contributed by atoms with van der Waals surface area (Å²) in [6.07, 6.45) is 2.52. The maximum atomic E-state index is 11.9. The zero-order valence-electron chi connectivity index (χ0n) is 11.6. The molecule has 0 radical (unpaired) electrons. The number of ether oxygens (including phenoxy) is 1. The summed E-state index contributed by atoms with van der Waals surface area (Å²) in [6, 6.07) is 7.07. The Kier molecular flexibility index (Phi) is 4.24. The summed E-state index contributed by atoms with van der Waals surface area (Å²) in [5, 5.41) is 7.04. The van der Waals surface area contributed by atoms with E-state index in [0.717, 1.165) is 12.1 Å². The van der Waals surface area contributed by atoms with Gasteiger partial charge in [-0.05, 0) is 18.6 Å². The monoisotopic (exact) mass is 274 g/mol. The van der Waals surface area contributed by atoms with E-state index in [4.69, 9.17) is 10.5 Å². The Balaban J connectivity index is 1.94. The molecule has 0 aliphatic rings. The maximum absolute atomic E-state index is 11.9. The van der Waals surface area contributed by atoms with E-state index in [1.165, 1.54) is 0 Å². The quantitative estimate of drug-likeness (QED) is 0.811. The van der Waals surface area contributed by atoms with Crippen molar-refractivity contribution in [3.05, 3.63) is 36.2 Å². The molecule has 1 aromatic heterocycles. The number of hydrogen-bond acceptors (Lipinski definition) is 4. The molecule has 0 aliphatic carbocycles. The highest BCUT2D eigenvalue weighted by Crippen LogP contribution is 2.19. The lowest BCUT2D eigenvalue weighted by atomic mass is 10.3. The molecule has 2 aromatic rings. The minimum absolute atomic E-state index is 0.0910. The second kappa shape index (κ2) is 6.10. The van der Waals surface area contributed by atoms with E-state index in [9.17, 15) is 4.79 Å². The molecule has 0 saturated heterocycles. The fourth-order valence-corrected chi connectivity index (χ4v) is 1.84. The number of para-hydroxylation sites is 2. The molecule has 6 nitrogen and oxygen atoms in total. The second-order valence-electron chi connectivity index (χ2n) is 4.39. The predicted octanol–water partition coefficient (Wildman–Crippen LogP) is 1.58. The third kappa shape index (κ3) is 3.28. The van der Waals surface area contributed by atoms with Gasteiger partial charge in [-0.3, -0.25) is 9.48 Å². The molecule has 1 amide bonds. The topological polar surface area (TPSA) is 82.2 Å². The lowest BCUT2D eigenvalue weighted by Gasteiger charge is -2.08.